The molecule has 2 heterocycles. The van der Waals surface area contributed by atoms with Gasteiger partial charge in [-0.15, -0.1) is 12.4 Å². The number of pyridine rings is 1. The standard InChI is InChI=1S/C16H19N3OS.ClH/c1-12-10-19(9-8-17-12)15(20)11-21-16-14-5-3-2-4-13(14)6-7-18-16;/h2-7,12,17H,8-11H2,1H3;1H/t12-;/m1./s1. The van der Waals surface area contributed by atoms with Gasteiger partial charge in [0.2, 0.25) is 5.91 Å². The molecule has 118 valence electrons. The quantitative estimate of drug-likeness (QED) is 0.874. The zero-order valence-corrected chi connectivity index (χ0v) is 14.1. The van der Waals surface area contributed by atoms with Gasteiger partial charge in [-0.1, -0.05) is 36.0 Å². The number of benzene rings is 1. The van der Waals surface area contributed by atoms with Crippen LogP contribution in [0.25, 0.3) is 10.8 Å². The second-order valence-electron chi connectivity index (χ2n) is 5.32. The summed E-state index contributed by atoms with van der Waals surface area (Å²) in [7, 11) is 0. The zero-order valence-electron chi connectivity index (χ0n) is 12.5. The number of hydrogen-bond donors (Lipinski definition) is 1. The fourth-order valence-corrected chi connectivity index (χ4v) is 3.51. The Hall–Kier alpha value is -1.30. The number of rotatable bonds is 3. The molecule has 1 aliphatic rings. The van der Waals surface area contributed by atoms with Gasteiger partial charge in [0.05, 0.1) is 5.75 Å². The van der Waals surface area contributed by atoms with Crippen LogP contribution in [0.4, 0.5) is 0 Å². The van der Waals surface area contributed by atoms with Crippen LogP contribution < -0.4 is 5.32 Å². The fourth-order valence-electron chi connectivity index (χ4n) is 2.59. The van der Waals surface area contributed by atoms with Gasteiger partial charge < -0.3 is 10.2 Å². The highest BCUT2D eigenvalue weighted by atomic mass is 35.5. The maximum atomic E-state index is 12.3. The molecule has 1 N–H and O–H groups in total. The van der Waals surface area contributed by atoms with E-state index in [1.165, 1.54) is 17.1 Å². The minimum Gasteiger partial charge on any atom is -0.339 e. The molecule has 1 aromatic carbocycles. The molecule has 6 heteroatoms. The summed E-state index contributed by atoms with van der Waals surface area (Å²) >= 11 is 1.53. The van der Waals surface area contributed by atoms with Gasteiger partial charge in [-0.25, -0.2) is 4.98 Å². The summed E-state index contributed by atoms with van der Waals surface area (Å²) in [5.41, 5.74) is 0. The molecule has 22 heavy (non-hydrogen) atoms. The number of nitrogens with zero attached hydrogens (tertiary/aromatic N) is 2. The normalized spacial score (nSPS) is 18.0. The van der Waals surface area contributed by atoms with Crippen molar-refractivity contribution >= 4 is 40.8 Å². The van der Waals surface area contributed by atoms with Gasteiger partial charge in [0.25, 0.3) is 0 Å². The van der Waals surface area contributed by atoms with E-state index in [4.69, 9.17) is 0 Å². The van der Waals surface area contributed by atoms with E-state index in [0.29, 0.717) is 11.8 Å². The maximum absolute atomic E-state index is 12.3. The Morgan fingerprint density at radius 3 is 3.05 bits per heavy atom. The van der Waals surface area contributed by atoms with Crippen molar-refractivity contribution in [1.82, 2.24) is 15.2 Å². The minimum atomic E-state index is 0. The number of fused-ring (bicyclic) bond motifs is 1. The third-order valence-electron chi connectivity index (χ3n) is 3.69. The molecular formula is C16H20ClN3OS. The average molecular weight is 338 g/mol. The number of amides is 1. The number of halogens is 1. The Kier molecular flexibility index (Phi) is 6.06. The molecule has 2 aromatic rings. The molecule has 1 saturated heterocycles. The van der Waals surface area contributed by atoms with Crippen molar-refractivity contribution in [1.29, 1.82) is 0 Å². The predicted molar refractivity (Wildman–Crippen MR) is 93.8 cm³/mol. The minimum absolute atomic E-state index is 0. The molecular weight excluding hydrogens is 318 g/mol. The van der Waals surface area contributed by atoms with Gasteiger partial charge >= 0.3 is 0 Å². The molecule has 4 nitrogen and oxygen atoms in total. The van der Waals surface area contributed by atoms with Crippen LogP contribution >= 0.6 is 24.2 Å². The summed E-state index contributed by atoms with van der Waals surface area (Å²) in [5.74, 6) is 0.649. The summed E-state index contributed by atoms with van der Waals surface area (Å²) in [6.45, 7) is 4.58. The second kappa shape index (κ2) is 7.81. The van der Waals surface area contributed by atoms with Crippen LogP contribution in [0, 0.1) is 0 Å². The highest BCUT2D eigenvalue weighted by Crippen LogP contribution is 2.25. The highest BCUT2D eigenvalue weighted by Gasteiger charge is 2.20. The molecule has 1 aromatic heterocycles. The van der Waals surface area contributed by atoms with Crippen molar-refractivity contribution in [2.24, 2.45) is 0 Å². The van der Waals surface area contributed by atoms with E-state index in [0.717, 1.165) is 30.0 Å². The molecule has 1 fully saturated rings. The lowest BCUT2D eigenvalue weighted by atomic mass is 10.2. The van der Waals surface area contributed by atoms with E-state index >= 15 is 0 Å². The Morgan fingerprint density at radius 1 is 1.41 bits per heavy atom. The van der Waals surface area contributed by atoms with Crippen molar-refractivity contribution in [2.45, 2.75) is 18.0 Å². The van der Waals surface area contributed by atoms with Crippen molar-refractivity contribution in [3.8, 4) is 0 Å². The number of hydrogen-bond acceptors (Lipinski definition) is 4. The summed E-state index contributed by atoms with van der Waals surface area (Å²) < 4.78 is 0. The average Bonchev–Trinajstić information content (AvgIpc) is 2.52. The lowest BCUT2D eigenvalue weighted by Crippen LogP contribution is -2.51. The first kappa shape index (κ1) is 17.1. The molecule has 1 aliphatic heterocycles. The molecule has 0 unspecified atom stereocenters. The van der Waals surface area contributed by atoms with E-state index in [1.54, 1.807) is 0 Å². The van der Waals surface area contributed by atoms with Crippen molar-refractivity contribution in [2.75, 3.05) is 25.4 Å². The lowest BCUT2D eigenvalue weighted by molar-refractivity contribution is -0.129. The number of aromatic nitrogens is 1. The highest BCUT2D eigenvalue weighted by molar-refractivity contribution is 8.00. The Morgan fingerprint density at radius 2 is 2.23 bits per heavy atom. The van der Waals surface area contributed by atoms with Crippen molar-refractivity contribution in [3.63, 3.8) is 0 Å². The van der Waals surface area contributed by atoms with Gasteiger partial charge in [0.1, 0.15) is 5.03 Å². The summed E-state index contributed by atoms with van der Waals surface area (Å²) in [5, 5.41) is 6.57. The monoisotopic (exact) mass is 337 g/mol. The largest absolute Gasteiger partial charge is 0.339 e. The molecule has 0 radical (unpaired) electrons. The van der Waals surface area contributed by atoms with Crippen LogP contribution in [0.15, 0.2) is 41.6 Å². The smallest absolute Gasteiger partial charge is 0.233 e. The van der Waals surface area contributed by atoms with Crippen LogP contribution in [0.5, 0.6) is 0 Å². The number of nitrogens with one attached hydrogen (secondary N) is 1. The summed E-state index contributed by atoms with van der Waals surface area (Å²) in [6.07, 6.45) is 1.81. The number of carbonyl (C=O) groups excluding carboxylic acids is 1. The Balaban J connectivity index is 0.00000176. The van der Waals surface area contributed by atoms with Gasteiger partial charge in [0.15, 0.2) is 0 Å². The molecule has 0 saturated carbocycles. The first-order chi connectivity index (χ1) is 10.2. The van der Waals surface area contributed by atoms with E-state index in [-0.39, 0.29) is 18.3 Å². The van der Waals surface area contributed by atoms with Gasteiger partial charge in [-0.05, 0) is 18.4 Å². The van der Waals surface area contributed by atoms with E-state index in [1.807, 2.05) is 29.3 Å². The predicted octanol–water partition coefficient (Wildman–Crippen LogP) is 2.57. The van der Waals surface area contributed by atoms with Crippen molar-refractivity contribution in [3.05, 3.63) is 36.5 Å². The second-order valence-corrected chi connectivity index (χ2v) is 6.28. The maximum Gasteiger partial charge on any atom is 0.233 e. The first-order valence-corrected chi connectivity index (χ1v) is 8.20. The third kappa shape index (κ3) is 3.91. The Labute approximate surface area is 141 Å². The zero-order chi connectivity index (χ0) is 14.7. The van der Waals surface area contributed by atoms with Gasteiger partial charge in [-0.2, -0.15) is 0 Å². The Bertz CT molecular complexity index is 647. The SMILES string of the molecule is C[C@@H]1CN(C(=O)CSc2nccc3ccccc23)CCN1.Cl. The van der Waals surface area contributed by atoms with E-state index in [2.05, 4.69) is 29.4 Å². The van der Waals surface area contributed by atoms with Crippen LogP contribution in [0.3, 0.4) is 0 Å². The van der Waals surface area contributed by atoms with Crippen LogP contribution in [0.2, 0.25) is 0 Å². The third-order valence-corrected chi connectivity index (χ3v) is 4.68. The number of carbonyl (C=O) groups is 1. The van der Waals surface area contributed by atoms with Gasteiger partial charge in [-0.3, -0.25) is 4.79 Å². The first-order valence-electron chi connectivity index (χ1n) is 7.22. The van der Waals surface area contributed by atoms with E-state index < -0.39 is 0 Å². The topological polar surface area (TPSA) is 45.2 Å². The fraction of sp³-hybridized carbons (Fsp3) is 0.375. The lowest BCUT2D eigenvalue weighted by Gasteiger charge is -2.31. The molecule has 1 atom stereocenters. The number of thioether (sulfide) groups is 1. The van der Waals surface area contributed by atoms with Crippen LogP contribution in [-0.2, 0) is 4.79 Å². The van der Waals surface area contributed by atoms with Crippen molar-refractivity contribution < 1.29 is 4.79 Å². The van der Waals surface area contributed by atoms with Crippen LogP contribution in [0.1, 0.15) is 6.92 Å². The molecule has 3 rings (SSSR count). The van der Waals surface area contributed by atoms with E-state index in [9.17, 15) is 4.79 Å². The molecule has 0 aliphatic carbocycles. The van der Waals surface area contributed by atoms with Gasteiger partial charge in [0, 0.05) is 37.3 Å². The molecule has 0 bridgehead atoms. The number of piperazine rings is 1. The van der Waals surface area contributed by atoms with Crippen LogP contribution in [-0.4, -0.2) is 47.2 Å². The molecule has 1 amide bonds. The summed E-state index contributed by atoms with van der Waals surface area (Å²) in [6, 6.07) is 10.5. The summed E-state index contributed by atoms with van der Waals surface area (Å²) in [4.78, 5) is 18.7. The molecule has 0 spiro atoms.